The molecule has 6 heteroatoms. The maximum absolute atomic E-state index is 12.9. The molecule has 1 atom stereocenters. The van der Waals surface area contributed by atoms with Crippen LogP contribution in [0.3, 0.4) is 0 Å². The van der Waals surface area contributed by atoms with Crippen LogP contribution in [-0.4, -0.2) is 37.2 Å². The van der Waals surface area contributed by atoms with Crippen LogP contribution in [0, 0.1) is 0 Å². The van der Waals surface area contributed by atoms with Gasteiger partial charge in [0.2, 0.25) is 0 Å². The number of esters is 3. The van der Waals surface area contributed by atoms with Crippen molar-refractivity contribution in [1.82, 2.24) is 0 Å². The summed E-state index contributed by atoms with van der Waals surface area (Å²) in [6.07, 6.45) is 94.1. The lowest BCUT2D eigenvalue weighted by atomic mass is 10.0. The highest BCUT2D eigenvalue weighted by Gasteiger charge is 2.19. The Bertz CT molecular complexity index is 1620. The fourth-order valence-electron chi connectivity index (χ4n) is 9.60. The highest BCUT2D eigenvalue weighted by molar-refractivity contribution is 5.71. The van der Waals surface area contributed by atoms with Crippen molar-refractivity contribution in [2.75, 3.05) is 13.2 Å². The third kappa shape index (κ3) is 66.8. The molecule has 0 amide bonds. The lowest BCUT2D eigenvalue weighted by Gasteiger charge is -2.18. The fourth-order valence-corrected chi connectivity index (χ4v) is 9.60. The summed E-state index contributed by atoms with van der Waals surface area (Å²) in [7, 11) is 0. The van der Waals surface area contributed by atoms with Gasteiger partial charge >= 0.3 is 17.9 Å². The molecule has 0 bridgehead atoms. The number of hydrogen-bond acceptors (Lipinski definition) is 6. The van der Waals surface area contributed by atoms with Crippen molar-refractivity contribution in [3.05, 3.63) is 109 Å². The zero-order valence-electron chi connectivity index (χ0n) is 53.3. The van der Waals surface area contributed by atoms with Crippen LogP contribution in [0.4, 0.5) is 0 Å². The first-order valence-electron chi connectivity index (χ1n) is 34.4. The fraction of sp³-hybridized carbons (Fsp3) is 0.720. The van der Waals surface area contributed by atoms with Gasteiger partial charge in [0.05, 0.1) is 0 Å². The quantitative estimate of drug-likeness (QED) is 0.0261. The average Bonchev–Trinajstić information content (AvgIpc) is 3.47. The van der Waals surface area contributed by atoms with Gasteiger partial charge in [-0.1, -0.05) is 297 Å². The first kappa shape index (κ1) is 77.1. The maximum Gasteiger partial charge on any atom is 0.306 e. The van der Waals surface area contributed by atoms with Crippen molar-refractivity contribution in [1.29, 1.82) is 0 Å². The van der Waals surface area contributed by atoms with Crippen LogP contribution in [0.15, 0.2) is 109 Å². The van der Waals surface area contributed by atoms with Crippen LogP contribution < -0.4 is 0 Å². The molecular weight excluding hydrogens is 997 g/mol. The Kier molecular flexibility index (Phi) is 65.2. The Labute approximate surface area is 501 Å². The molecule has 464 valence electrons. The van der Waals surface area contributed by atoms with Gasteiger partial charge in [-0.15, -0.1) is 0 Å². The molecule has 0 aromatic carbocycles. The summed E-state index contributed by atoms with van der Waals surface area (Å²) >= 11 is 0. The van der Waals surface area contributed by atoms with E-state index in [2.05, 4.69) is 130 Å². The second-order valence-electron chi connectivity index (χ2n) is 22.7. The summed E-state index contributed by atoms with van der Waals surface area (Å²) in [6.45, 7) is 6.46. The molecular formula is C75H128O6. The minimum atomic E-state index is -0.816. The van der Waals surface area contributed by atoms with Crippen molar-refractivity contribution in [2.45, 2.75) is 335 Å². The largest absolute Gasteiger partial charge is 0.462 e. The molecule has 0 spiro atoms. The second-order valence-corrected chi connectivity index (χ2v) is 22.7. The molecule has 0 aliphatic rings. The van der Waals surface area contributed by atoms with Gasteiger partial charge in [-0.2, -0.15) is 0 Å². The third-order valence-electron chi connectivity index (χ3n) is 14.7. The van der Waals surface area contributed by atoms with Gasteiger partial charge in [-0.05, 0) is 122 Å². The van der Waals surface area contributed by atoms with E-state index < -0.39 is 6.10 Å². The molecule has 1 unspecified atom stereocenters. The molecule has 0 saturated carbocycles. The summed E-state index contributed by atoms with van der Waals surface area (Å²) in [5.41, 5.74) is 0. The van der Waals surface area contributed by atoms with Crippen LogP contribution in [0.1, 0.15) is 329 Å². The first-order chi connectivity index (χ1) is 40.0. The number of carbonyl (C=O) groups excluding carboxylic acids is 3. The summed E-state index contributed by atoms with van der Waals surface area (Å²) in [5, 5.41) is 0. The maximum atomic E-state index is 12.9. The predicted octanol–water partition coefficient (Wildman–Crippen LogP) is 23.8. The molecule has 6 nitrogen and oxygen atoms in total. The Morgan fingerprint density at radius 2 is 0.494 bits per heavy atom. The molecule has 0 fully saturated rings. The van der Waals surface area contributed by atoms with Crippen LogP contribution in [-0.2, 0) is 28.6 Å². The van der Waals surface area contributed by atoms with E-state index in [1.165, 1.54) is 173 Å². The van der Waals surface area contributed by atoms with Gasteiger partial charge in [0.25, 0.3) is 0 Å². The van der Waals surface area contributed by atoms with E-state index in [1.807, 2.05) is 0 Å². The molecule has 0 N–H and O–H groups in total. The molecule has 0 saturated heterocycles. The molecule has 0 heterocycles. The smallest absolute Gasteiger partial charge is 0.306 e. The second kappa shape index (κ2) is 68.6. The average molecular weight is 1130 g/mol. The molecule has 81 heavy (non-hydrogen) atoms. The number of ether oxygens (including phenoxy) is 3. The van der Waals surface area contributed by atoms with Crippen LogP contribution in [0.5, 0.6) is 0 Å². The van der Waals surface area contributed by atoms with E-state index in [9.17, 15) is 14.4 Å². The van der Waals surface area contributed by atoms with Gasteiger partial charge in [0.1, 0.15) is 13.2 Å². The van der Waals surface area contributed by atoms with E-state index in [-0.39, 0.29) is 37.5 Å². The Morgan fingerprint density at radius 1 is 0.259 bits per heavy atom. The van der Waals surface area contributed by atoms with Gasteiger partial charge in [-0.3, -0.25) is 14.4 Å². The van der Waals surface area contributed by atoms with Gasteiger partial charge < -0.3 is 14.2 Å². The van der Waals surface area contributed by atoms with Gasteiger partial charge in [0.15, 0.2) is 6.10 Å². The molecule has 0 aliphatic carbocycles. The van der Waals surface area contributed by atoms with Crippen LogP contribution in [0.2, 0.25) is 0 Å². The van der Waals surface area contributed by atoms with Crippen molar-refractivity contribution in [3.63, 3.8) is 0 Å². The van der Waals surface area contributed by atoms with Crippen molar-refractivity contribution in [2.24, 2.45) is 0 Å². The SMILES string of the molecule is CC/C=C\C/C=C\C/C=C\C/C=C\C/C=C\CCCC(=O)OC(COC(=O)CCCCCCC/C=C\C/C=C\CCCCC)COC(=O)CCCCCCCCCCCCCCCCCCCCC/C=C\C/C=C\CCCCCCC. The van der Waals surface area contributed by atoms with E-state index >= 15 is 0 Å². The molecule has 0 aromatic rings. The molecule has 0 radical (unpaired) electrons. The minimum Gasteiger partial charge on any atom is -0.462 e. The minimum absolute atomic E-state index is 0.104. The van der Waals surface area contributed by atoms with Gasteiger partial charge in [0, 0.05) is 19.3 Å². The lowest BCUT2D eigenvalue weighted by molar-refractivity contribution is -0.167. The lowest BCUT2D eigenvalue weighted by Crippen LogP contribution is -2.30. The topological polar surface area (TPSA) is 78.9 Å². The van der Waals surface area contributed by atoms with E-state index in [0.29, 0.717) is 19.3 Å². The highest BCUT2D eigenvalue weighted by atomic mass is 16.6. The Morgan fingerprint density at radius 3 is 0.815 bits per heavy atom. The summed E-state index contributed by atoms with van der Waals surface area (Å²) in [6, 6.07) is 0. The summed E-state index contributed by atoms with van der Waals surface area (Å²) in [4.78, 5) is 38.3. The van der Waals surface area contributed by atoms with Crippen molar-refractivity contribution >= 4 is 17.9 Å². The summed E-state index contributed by atoms with van der Waals surface area (Å²) < 4.78 is 16.9. The number of carbonyl (C=O) groups is 3. The normalized spacial score (nSPS) is 12.8. The van der Waals surface area contributed by atoms with E-state index in [1.54, 1.807) is 0 Å². The zero-order valence-corrected chi connectivity index (χ0v) is 53.3. The standard InChI is InChI=1S/C75H128O6/c1-4-7-10-13-16-19-22-25-28-30-31-32-33-34-35-36-37-38-39-40-41-42-43-45-47-50-53-56-59-62-65-68-74(77)80-71-72(70-79-73(76)67-64-61-58-55-52-49-46-27-24-21-18-15-12-9-6-3)81-75(78)69-66-63-60-57-54-51-48-44-29-26-23-20-17-14-11-8-5-2/h8,11,17-18,20-22,25-27,29-31,46,48,51,57,60,72H,4-7,9-10,12-16,19,23-24,28,32-45,47,49-50,52-56,58-59,61-71H2,1-3H3/b11-8-,20-17-,21-18-,25-22-,29-26-,31-30-,46-27-,51-48-,60-57-. The van der Waals surface area contributed by atoms with Crippen molar-refractivity contribution < 1.29 is 28.6 Å². The van der Waals surface area contributed by atoms with Crippen LogP contribution in [0.25, 0.3) is 0 Å². The number of unbranched alkanes of at least 4 members (excludes halogenated alkanes) is 33. The van der Waals surface area contributed by atoms with Crippen molar-refractivity contribution in [3.8, 4) is 0 Å². The van der Waals surface area contributed by atoms with E-state index in [4.69, 9.17) is 14.2 Å². The number of hydrogen-bond donors (Lipinski definition) is 0. The highest BCUT2D eigenvalue weighted by Crippen LogP contribution is 2.17. The molecule has 0 rings (SSSR count). The van der Waals surface area contributed by atoms with Crippen LogP contribution >= 0.6 is 0 Å². The van der Waals surface area contributed by atoms with E-state index in [0.717, 1.165) is 109 Å². The number of rotatable bonds is 62. The third-order valence-corrected chi connectivity index (χ3v) is 14.7. The Hall–Kier alpha value is -3.93. The molecule has 0 aliphatic heterocycles. The van der Waals surface area contributed by atoms with Gasteiger partial charge in [-0.25, -0.2) is 0 Å². The molecule has 0 aromatic heterocycles. The Balaban J connectivity index is 4.27. The zero-order chi connectivity index (χ0) is 58.5. The predicted molar refractivity (Wildman–Crippen MR) is 353 cm³/mol. The first-order valence-corrected chi connectivity index (χ1v) is 34.4. The number of allylic oxidation sites excluding steroid dienone is 18. The summed E-state index contributed by atoms with van der Waals surface area (Å²) in [5.74, 6) is -0.967. The monoisotopic (exact) mass is 1120 g/mol.